The van der Waals surface area contributed by atoms with E-state index < -0.39 is 6.04 Å². The van der Waals surface area contributed by atoms with Crippen molar-refractivity contribution < 1.29 is 14.3 Å². The highest BCUT2D eigenvalue weighted by Gasteiger charge is 2.38. The number of imidazole rings is 1. The second-order valence-electron chi connectivity index (χ2n) is 6.45. The molecule has 7 nitrogen and oxygen atoms in total. The molecule has 1 N–H and O–H groups in total. The van der Waals surface area contributed by atoms with Crippen LogP contribution in [-0.2, 0) is 16.1 Å². The fraction of sp³-hybridized carbons (Fsp3) is 0.300. The highest BCUT2D eigenvalue weighted by Crippen LogP contribution is 2.34. The molecule has 1 saturated heterocycles. The van der Waals surface area contributed by atoms with Gasteiger partial charge in [-0.2, -0.15) is 0 Å². The molecule has 2 amide bonds. The van der Waals surface area contributed by atoms with Crippen LogP contribution in [0.4, 0.5) is 0 Å². The molecule has 1 aromatic heterocycles. The van der Waals surface area contributed by atoms with E-state index in [0.29, 0.717) is 15.8 Å². The molecule has 1 aliphatic heterocycles. The van der Waals surface area contributed by atoms with Gasteiger partial charge in [0.05, 0.1) is 18.3 Å². The van der Waals surface area contributed by atoms with Gasteiger partial charge in [-0.15, -0.1) is 0 Å². The maximum absolute atomic E-state index is 12.8. The number of hydrogen-bond donors (Lipinski definition) is 1. The molecule has 1 atom stereocenters. The lowest BCUT2D eigenvalue weighted by atomic mass is 10.2. The SMILES string of the molecule is COc1ccc(/C=C2\SC(=S)N([C@@H](C)C(=O)NCCCn3ccnc3)C2=O)cc1. The molecule has 2 heterocycles. The Balaban J connectivity index is 1.57. The molecule has 0 unspecified atom stereocenters. The first-order valence-electron chi connectivity index (χ1n) is 9.14. The number of carbonyl (C=O) groups excluding carboxylic acids is 2. The summed E-state index contributed by atoms with van der Waals surface area (Å²) in [6, 6.07) is 6.71. The van der Waals surface area contributed by atoms with E-state index in [-0.39, 0.29) is 11.8 Å². The van der Waals surface area contributed by atoms with Crippen LogP contribution < -0.4 is 10.1 Å². The van der Waals surface area contributed by atoms with Gasteiger partial charge in [0.2, 0.25) is 5.91 Å². The minimum absolute atomic E-state index is 0.224. The van der Waals surface area contributed by atoms with Crippen LogP contribution in [0.1, 0.15) is 18.9 Å². The minimum Gasteiger partial charge on any atom is -0.497 e. The zero-order chi connectivity index (χ0) is 20.8. The molecule has 0 aliphatic carbocycles. The molecular formula is C20H22N4O3S2. The summed E-state index contributed by atoms with van der Waals surface area (Å²) in [7, 11) is 1.60. The summed E-state index contributed by atoms with van der Waals surface area (Å²) in [5, 5.41) is 2.87. The molecule has 0 saturated carbocycles. The lowest BCUT2D eigenvalue weighted by Gasteiger charge is -2.22. The van der Waals surface area contributed by atoms with E-state index in [9.17, 15) is 9.59 Å². The van der Waals surface area contributed by atoms with Crippen molar-refractivity contribution in [1.29, 1.82) is 0 Å². The third-order valence-electron chi connectivity index (χ3n) is 4.46. The smallest absolute Gasteiger partial charge is 0.266 e. The number of nitrogens with one attached hydrogen (secondary N) is 1. The van der Waals surface area contributed by atoms with Crippen molar-refractivity contribution in [2.45, 2.75) is 25.9 Å². The van der Waals surface area contributed by atoms with Crippen LogP contribution in [-0.4, -0.2) is 50.3 Å². The molecule has 0 radical (unpaired) electrons. The van der Waals surface area contributed by atoms with Gasteiger partial charge in [0.25, 0.3) is 5.91 Å². The van der Waals surface area contributed by atoms with Crippen molar-refractivity contribution in [3.8, 4) is 5.75 Å². The van der Waals surface area contributed by atoms with Crippen molar-refractivity contribution in [3.63, 3.8) is 0 Å². The van der Waals surface area contributed by atoms with Crippen molar-refractivity contribution >= 4 is 46.2 Å². The lowest BCUT2D eigenvalue weighted by molar-refractivity contribution is -0.132. The largest absolute Gasteiger partial charge is 0.497 e. The van der Waals surface area contributed by atoms with Gasteiger partial charge in [-0.1, -0.05) is 36.1 Å². The van der Waals surface area contributed by atoms with Crippen LogP contribution in [0.3, 0.4) is 0 Å². The van der Waals surface area contributed by atoms with Gasteiger partial charge in [-0.25, -0.2) is 4.98 Å². The van der Waals surface area contributed by atoms with Gasteiger partial charge >= 0.3 is 0 Å². The van der Waals surface area contributed by atoms with Crippen molar-refractivity contribution in [3.05, 3.63) is 53.5 Å². The zero-order valence-corrected chi connectivity index (χ0v) is 17.8. The zero-order valence-electron chi connectivity index (χ0n) is 16.2. The summed E-state index contributed by atoms with van der Waals surface area (Å²) in [4.78, 5) is 31.2. The molecule has 3 rings (SSSR count). The molecule has 0 spiro atoms. The van der Waals surface area contributed by atoms with E-state index in [4.69, 9.17) is 17.0 Å². The number of nitrogens with zero attached hydrogens (tertiary/aromatic N) is 3. The quantitative estimate of drug-likeness (QED) is 0.394. The number of ether oxygens (including phenoxy) is 1. The minimum atomic E-state index is -0.669. The van der Waals surface area contributed by atoms with Gasteiger partial charge in [-0.3, -0.25) is 14.5 Å². The van der Waals surface area contributed by atoms with Crippen LogP contribution in [0.5, 0.6) is 5.75 Å². The van der Waals surface area contributed by atoms with Gasteiger partial charge in [0.1, 0.15) is 16.1 Å². The first kappa shape index (κ1) is 21.1. The normalized spacial score (nSPS) is 16.3. The number of aryl methyl sites for hydroxylation is 1. The van der Waals surface area contributed by atoms with Crippen molar-refractivity contribution in [2.75, 3.05) is 13.7 Å². The third-order valence-corrected chi connectivity index (χ3v) is 5.79. The predicted molar refractivity (Wildman–Crippen MR) is 117 cm³/mol. The van der Waals surface area contributed by atoms with E-state index in [1.807, 2.05) is 35.0 Å². The van der Waals surface area contributed by atoms with E-state index >= 15 is 0 Å². The maximum Gasteiger partial charge on any atom is 0.266 e. The summed E-state index contributed by atoms with van der Waals surface area (Å²) >= 11 is 6.56. The summed E-state index contributed by atoms with van der Waals surface area (Å²) in [5.74, 6) is 0.266. The summed E-state index contributed by atoms with van der Waals surface area (Å²) < 4.78 is 7.47. The molecule has 152 valence electrons. The van der Waals surface area contributed by atoms with Gasteiger partial charge < -0.3 is 14.6 Å². The molecule has 2 aromatic rings. The van der Waals surface area contributed by atoms with E-state index in [2.05, 4.69) is 10.3 Å². The molecule has 29 heavy (non-hydrogen) atoms. The van der Waals surface area contributed by atoms with Crippen LogP contribution >= 0.6 is 24.0 Å². The Hall–Kier alpha value is -2.65. The Morgan fingerprint density at radius 1 is 1.38 bits per heavy atom. The summed E-state index contributed by atoms with van der Waals surface area (Å²) in [6.45, 7) is 2.96. The van der Waals surface area contributed by atoms with Crippen LogP contribution in [0, 0.1) is 0 Å². The Labute approximate surface area is 179 Å². The second kappa shape index (κ2) is 9.71. The van der Waals surface area contributed by atoms with Crippen LogP contribution in [0.2, 0.25) is 0 Å². The number of aromatic nitrogens is 2. The van der Waals surface area contributed by atoms with Gasteiger partial charge in [-0.05, 0) is 37.1 Å². The Bertz CT molecular complexity index is 910. The number of methoxy groups -OCH3 is 1. The van der Waals surface area contributed by atoms with Gasteiger partial charge in [0.15, 0.2) is 0 Å². The van der Waals surface area contributed by atoms with E-state index in [1.165, 1.54) is 16.7 Å². The first-order valence-corrected chi connectivity index (χ1v) is 10.4. The summed E-state index contributed by atoms with van der Waals surface area (Å²) in [5.41, 5.74) is 0.864. The number of benzene rings is 1. The third kappa shape index (κ3) is 5.24. The number of amides is 2. The topological polar surface area (TPSA) is 76.5 Å². The molecule has 1 fully saturated rings. The number of thioether (sulfide) groups is 1. The highest BCUT2D eigenvalue weighted by molar-refractivity contribution is 8.26. The molecule has 9 heteroatoms. The van der Waals surface area contributed by atoms with E-state index in [1.54, 1.807) is 32.6 Å². The number of rotatable bonds is 8. The Morgan fingerprint density at radius 2 is 2.14 bits per heavy atom. The fourth-order valence-corrected chi connectivity index (χ4v) is 4.24. The number of carbonyl (C=O) groups is 2. The number of thiocarbonyl (C=S) groups is 1. The Morgan fingerprint density at radius 3 is 2.79 bits per heavy atom. The predicted octanol–water partition coefficient (Wildman–Crippen LogP) is 2.69. The molecular weight excluding hydrogens is 408 g/mol. The second-order valence-corrected chi connectivity index (χ2v) is 8.12. The number of hydrogen-bond acceptors (Lipinski definition) is 6. The lowest BCUT2D eigenvalue weighted by Crippen LogP contribution is -2.47. The van der Waals surface area contributed by atoms with Crippen molar-refractivity contribution in [1.82, 2.24) is 19.8 Å². The average Bonchev–Trinajstić information content (AvgIpc) is 3.33. The molecule has 0 bridgehead atoms. The van der Waals surface area contributed by atoms with Crippen LogP contribution in [0.15, 0.2) is 47.9 Å². The molecule has 1 aromatic carbocycles. The van der Waals surface area contributed by atoms with E-state index in [0.717, 1.165) is 24.3 Å². The maximum atomic E-state index is 12.8. The average molecular weight is 431 g/mol. The molecule has 1 aliphatic rings. The monoisotopic (exact) mass is 430 g/mol. The first-order chi connectivity index (χ1) is 14.0. The standard InChI is InChI=1S/C20H22N4O3S2/c1-14(18(25)22-8-3-10-23-11-9-21-13-23)24-19(26)17(29-20(24)28)12-15-4-6-16(27-2)7-5-15/h4-7,9,11-14H,3,8,10H2,1-2H3,(H,22,25)/b17-12-/t14-/m0/s1. The fourth-order valence-electron chi connectivity index (χ4n) is 2.82. The Kier molecular flexibility index (Phi) is 7.05. The summed E-state index contributed by atoms with van der Waals surface area (Å²) in [6.07, 6.45) is 7.87. The van der Waals surface area contributed by atoms with Crippen molar-refractivity contribution in [2.24, 2.45) is 0 Å². The van der Waals surface area contributed by atoms with Crippen LogP contribution in [0.25, 0.3) is 6.08 Å². The highest BCUT2D eigenvalue weighted by atomic mass is 32.2. The van der Waals surface area contributed by atoms with Gasteiger partial charge in [0, 0.05) is 25.5 Å².